The van der Waals surface area contributed by atoms with Gasteiger partial charge in [0, 0.05) is 24.4 Å². The number of aryl methyl sites for hydroxylation is 1. The SMILES string of the molecule is C[NH2+]c1c(C(C)=N)ncnc1-c1cc(C#Cc2ccn3c(C)ncc3c2)nc(NC(=O)C(C)N(C)C(=O)OC(C)(C)C)c1. The maximum absolute atomic E-state index is 13.3. The van der Waals surface area contributed by atoms with Gasteiger partial charge in [-0.25, -0.2) is 24.7 Å². The largest absolute Gasteiger partial charge is 0.444 e. The monoisotopic (exact) mass is 582 g/mol. The molecule has 0 fully saturated rings. The maximum Gasteiger partial charge on any atom is 0.410 e. The first kappa shape index (κ1) is 30.8. The van der Waals surface area contributed by atoms with Crippen LogP contribution in [-0.4, -0.2) is 72.7 Å². The van der Waals surface area contributed by atoms with E-state index in [1.165, 1.54) is 18.3 Å². The van der Waals surface area contributed by atoms with Crippen LogP contribution in [0.3, 0.4) is 0 Å². The molecule has 0 aromatic carbocycles. The van der Waals surface area contributed by atoms with Crippen LogP contribution in [0, 0.1) is 24.2 Å². The van der Waals surface area contributed by atoms with E-state index >= 15 is 0 Å². The molecule has 2 amide bonds. The van der Waals surface area contributed by atoms with Crippen LogP contribution < -0.4 is 10.6 Å². The van der Waals surface area contributed by atoms with E-state index in [1.807, 2.05) is 42.0 Å². The number of fused-ring (bicyclic) bond motifs is 1. The number of anilines is 1. The quantitative estimate of drug-likeness (QED) is 0.233. The molecule has 0 radical (unpaired) electrons. The zero-order chi connectivity index (χ0) is 31.5. The molecule has 12 heteroatoms. The molecular weight excluding hydrogens is 546 g/mol. The molecule has 0 spiro atoms. The molecule has 12 nitrogen and oxygen atoms in total. The molecule has 1 atom stereocenters. The summed E-state index contributed by atoms with van der Waals surface area (Å²) >= 11 is 0. The molecule has 0 aliphatic carbocycles. The number of nitrogens with one attached hydrogen (secondary N) is 2. The third-order valence-corrected chi connectivity index (χ3v) is 6.57. The van der Waals surface area contributed by atoms with E-state index in [4.69, 9.17) is 10.1 Å². The van der Waals surface area contributed by atoms with Crippen molar-refractivity contribution in [1.82, 2.24) is 29.2 Å². The predicted octanol–water partition coefficient (Wildman–Crippen LogP) is 3.30. The van der Waals surface area contributed by atoms with Gasteiger partial charge in [0.15, 0.2) is 5.69 Å². The maximum atomic E-state index is 13.3. The van der Waals surface area contributed by atoms with Gasteiger partial charge in [0.25, 0.3) is 0 Å². The number of carbonyl (C=O) groups is 2. The number of imidazole rings is 1. The number of likely N-dealkylation sites (N-methyl/N-ethyl adjacent to an activating group) is 1. The number of ether oxygens (including phenoxy) is 1. The number of carbonyl (C=O) groups excluding carboxylic acids is 2. The van der Waals surface area contributed by atoms with Crippen LogP contribution in [0.25, 0.3) is 16.8 Å². The average Bonchev–Trinajstić information content (AvgIpc) is 3.33. The third kappa shape index (κ3) is 7.20. The first-order valence-electron chi connectivity index (χ1n) is 13.7. The fourth-order valence-electron chi connectivity index (χ4n) is 4.24. The summed E-state index contributed by atoms with van der Waals surface area (Å²) in [5.41, 5.74) is 4.04. The minimum absolute atomic E-state index is 0.229. The number of aromatic nitrogens is 5. The van der Waals surface area contributed by atoms with E-state index in [9.17, 15) is 9.59 Å². The van der Waals surface area contributed by atoms with Gasteiger partial charge in [-0.05, 0) is 71.7 Å². The summed E-state index contributed by atoms with van der Waals surface area (Å²) in [7, 11) is 3.35. The van der Waals surface area contributed by atoms with Crippen molar-refractivity contribution in [2.75, 3.05) is 19.4 Å². The van der Waals surface area contributed by atoms with Crippen LogP contribution in [0.4, 0.5) is 16.3 Å². The lowest BCUT2D eigenvalue weighted by atomic mass is 10.1. The topological polar surface area (TPSA) is 155 Å². The second-order valence-corrected chi connectivity index (χ2v) is 11.0. The Labute approximate surface area is 250 Å². The molecule has 4 N–H and O–H groups in total. The summed E-state index contributed by atoms with van der Waals surface area (Å²) in [4.78, 5) is 44.7. The Hall–Kier alpha value is -5.15. The van der Waals surface area contributed by atoms with Gasteiger partial charge in [0.05, 0.1) is 24.5 Å². The molecule has 222 valence electrons. The Morgan fingerprint density at radius 3 is 2.58 bits per heavy atom. The Kier molecular flexibility index (Phi) is 8.87. The van der Waals surface area contributed by atoms with Crippen molar-refractivity contribution in [3.63, 3.8) is 0 Å². The number of amides is 2. The number of pyridine rings is 2. The van der Waals surface area contributed by atoms with Gasteiger partial charge in [-0.3, -0.25) is 9.69 Å². The smallest absolute Gasteiger partial charge is 0.410 e. The second kappa shape index (κ2) is 12.4. The molecule has 0 bridgehead atoms. The Bertz CT molecular complexity index is 1780. The summed E-state index contributed by atoms with van der Waals surface area (Å²) in [6.07, 6.45) is 4.47. The van der Waals surface area contributed by atoms with Crippen molar-refractivity contribution in [2.45, 2.75) is 53.2 Å². The number of quaternary nitrogens is 1. The molecule has 4 rings (SSSR count). The van der Waals surface area contributed by atoms with Crippen LogP contribution in [0.1, 0.15) is 57.4 Å². The molecule has 4 aromatic rings. The highest BCUT2D eigenvalue weighted by molar-refractivity contribution is 6.00. The summed E-state index contributed by atoms with van der Waals surface area (Å²) in [6.45, 7) is 10.5. The van der Waals surface area contributed by atoms with Crippen LogP contribution in [0.5, 0.6) is 0 Å². The zero-order valence-electron chi connectivity index (χ0n) is 25.6. The lowest BCUT2D eigenvalue weighted by molar-refractivity contribution is -0.539. The van der Waals surface area contributed by atoms with Gasteiger partial charge in [-0.15, -0.1) is 0 Å². The van der Waals surface area contributed by atoms with Gasteiger partial charge >= 0.3 is 6.09 Å². The Morgan fingerprint density at radius 1 is 1.16 bits per heavy atom. The molecule has 0 aliphatic heterocycles. The molecule has 0 saturated heterocycles. The van der Waals surface area contributed by atoms with Crippen molar-refractivity contribution < 1.29 is 19.6 Å². The number of hydrogen-bond acceptors (Lipinski definition) is 8. The van der Waals surface area contributed by atoms with Crippen LogP contribution in [-0.2, 0) is 9.53 Å². The standard InChI is InChI=1S/C31H35N9O3/c1-18(32)26-28(33-7)27(36-17-35-26)22-14-23(10-9-21-11-12-40-20(3)34-16-24(40)13-21)37-25(15-22)38-29(41)19(2)39(8)30(42)43-31(4,5)6/h11-17,19,32-33H,1-8H3,(H,37,38,41)/p+1. The van der Waals surface area contributed by atoms with Crippen molar-refractivity contribution in [3.05, 3.63) is 65.8 Å². The lowest BCUT2D eigenvalue weighted by Gasteiger charge is -2.28. The van der Waals surface area contributed by atoms with Crippen LogP contribution in [0.15, 0.2) is 43.0 Å². The fourth-order valence-corrected chi connectivity index (χ4v) is 4.24. The normalized spacial score (nSPS) is 11.8. The average molecular weight is 583 g/mol. The van der Waals surface area contributed by atoms with Gasteiger partial charge in [-0.2, -0.15) is 0 Å². The summed E-state index contributed by atoms with van der Waals surface area (Å²) in [6, 6.07) is 6.43. The van der Waals surface area contributed by atoms with Crippen molar-refractivity contribution in [2.24, 2.45) is 0 Å². The van der Waals surface area contributed by atoms with E-state index in [-0.39, 0.29) is 5.82 Å². The van der Waals surface area contributed by atoms with Gasteiger partial charge in [-0.1, -0.05) is 5.92 Å². The van der Waals surface area contributed by atoms with Gasteiger partial charge < -0.3 is 25.2 Å². The van der Waals surface area contributed by atoms with Crippen LogP contribution in [0.2, 0.25) is 0 Å². The highest BCUT2D eigenvalue weighted by Gasteiger charge is 2.27. The predicted molar refractivity (Wildman–Crippen MR) is 163 cm³/mol. The fraction of sp³-hybridized carbons (Fsp3) is 0.323. The molecule has 0 saturated carbocycles. The van der Waals surface area contributed by atoms with E-state index in [1.54, 1.807) is 52.9 Å². The molecule has 4 heterocycles. The minimum Gasteiger partial charge on any atom is -0.444 e. The minimum atomic E-state index is -0.855. The molecule has 1 unspecified atom stereocenters. The third-order valence-electron chi connectivity index (χ3n) is 6.57. The zero-order valence-corrected chi connectivity index (χ0v) is 25.6. The van der Waals surface area contributed by atoms with Crippen LogP contribution >= 0.6 is 0 Å². The number of hydrogen-bond donors (Lipinski definition) is 3. The molecular formula is C31H36N9O3+. The molecule has 4 aromatic heterocycles. The highest BCUT2D eigenvalue weighted by atomic mass is 16.6. The van der Waals surface area contributed by atoms with E-state index in [0.29, 0.717) is 34.0 Å². The second-order valence-electron chi connectivity index (χ2n) is 11.0. The van der Waals surface area contributed by atoms with Crippen molar-refractivity contribution >= 4 is 34.7 Å². The molecule has 43 heavy (non-hydrogen) atoms. The summed E-state index contributed by atoms with van der Waals surface area (Å²) in [5.74, 6) is 6.90. The van der Waals surface area contributed by atoms with E-state index in [2.05, 4.69) is 37.1 Å². The number of rotatable bonds is 6. The lowest BCUT2D eigenvalue weighted by Crippen LogP contribution is -2.73. The summed E-state index contributed by atoms with van der Waals surface area (Å²) < 4.78 is 7.37. The van der Waals surface area contributed by atoms with E-state index in [0.717, 1.165) is 16.9 Å². The number of nitrogens with two attached hydrogens (primary N) is 1. The first-order chi connectivity index (χ1) is 20.3. The number of nitrogens with zero attached hydrogens (tertiary/aromatic N) is 6. The summed E-state index contributed by atoms with van der Waals surface area (Å²) in [5, 5.41) is 12.8. The molecule has 0 aliphatic rings. The van der Waals surface area contributed by atoms with Crippen molar-refractivity contribution in [1.29, 1.82) is 5.41 Å². The Balaban J connectivity index is 1.74. The highest BCUT2D eigenvalue weighted by Crippen LogP contribution is 2.27. The first-order valence-corrected chi connectivity index (χ1v) is 13.7. The van der Waals surface area contributed by atoms with E-state index < -0.39 is 23.6 Å². The van der Waals surface area contributed by atoms with Gasteiger partial charge in [0.2, 0.25) is 5.91 Å². The van der Waals surface area contributed by atoms with Gasteiger partial charge in [0.1, 0.15) is 46.7 Å². The van der Waals surface area contributed by atoms with Crippen molar-refractivity contribution in [3.8, 4) is 23.1 Å². The Morgan fingerprint density at radius 2 is 1.91 bits per heavy atom.